The van der Waals surface area contributed by atoms with E-state index in [2.05, 4.69) is 46.6 Å². The quantitative estimate of drug-likeness (QED) is 0.546. The predicted octanol–water partition coefficient (Wildman–Crippen LogP) is 4.01. The summed E-state index contributed by atoms with van der Waals surface area (Å²) in [7, 11) is -1.66. The summed E-state index contributed by atoms with van der Waals surface area (Å²) in [5.41, 5.74) is 2.54. The van der Waals surface area contributed by atoms with E-state index in [9.17, 15) is 0 Å². The summed E-state index contributed by atoms with van der Waals surface area (Å²) in [6.07, 6.45) is 0. The van der Waals surface area contributed by atoms with Crippen LogP contribution in [-0.2, 0) is 0 Å². The third-order valence-electron chi connectivity index (χ3n) is 2.65. The molecule has 0 aromatic heterocycles. The summed E-state index contributed by atoms with van der Waals surface area (Å²) in [5.74, 6) is 0. The van der Waals surface area contributed by atoms with Gasteiger partial charge in [-0.1, -0.05) is 0 Å². The van der Waals surface area contributed by atoms with E-state index in [1.165, 1.54) is 15.6 Å². The molecule has 0 spiro atoms. The maximum absolute atomic E-state index is 2.78. The second-order valence-electron chi connectivity index (χ2n) is 3.10. The molecule has 0 nitrogen and oxygen atoms in total. The van der Waals surface area contributed by atoms with Gasteiger partial charge < -0.3 is 0 Å². The van der Waals surface area contributed by atoms with Crippen LogP contribution in [0.25, 0.3) is 0 Å². The van der Waals surface area contributed by atoms with Gasteiger partial charge in [0.2, 0.25) is 0 Å². The molecule has 0 amide bonds. The average molecular weight is 304 g/mol. The molecular weight excluding hydrogens is 286 g/mol. The first-order valence-corrected chi connectivity index (χ1v) is 15.3. The van der Waals surface area contributed by atoms with E-state index < -0.39 is 9.10 Å². The van der Waals surface area contributed by atoms with Crippen molar-refractivity contribution >= 4 is 29.2 Å². The zero-order valence-corrected chi connectivity index (χ0v) is 11.0. The normalized spacial score (nSPS) is 16.8. The van der Waals surface area contributed by atoms with Crippen molar-refractivity contribution in [1.82, 2.24) is 0 Å². The first-order valence-electron chi connectivity index (χ1n) is 3.69. The van der Waals surface area contributed by atoms with Gasteiger partial charge in [0.1, 0.15) is 0 Å². The molecule has 0 aliphatic heterocycles. The summed E-state index contributed by atoms with van der Waals surface area (Å²) in [4.78, 5) is 0. The third-order valence-corrected chi connectivity index (χ3v) is 24.4. The molecule has 0 aliphatic rings. The zero-order chi connectivity index (χ0) is 7.57. The molecule has 0 unspecified atom stereocenters. The number of rotatable bonds is 3. The predicted molar refractivity (Wildman–Crippen MR) is 57.1 cm³/mol. The molecule has 0 radical (unpaired) electrons. The Bertz CT molecular complexity index is 80.1. The van der Waals surface area contributed by atoms with Crippen LogP contribution >= 0.6 is 20.1 Å². The number of hydrogen-bond acceptors (Lipinski definition) is 0. The van der Waals surface area contributed by atoms with E-state index in [1.807, 2.05) is 0 Å². The van der Waals surface area contributed by atoms with Crippen LogP contribution in [0.1, 0.15) is 20.8 Å². The van der Waals surface area contributed by atoms with Crippen molar-refractivity contribution in [2.24, 2.45) is 0 Å². The van der Waals surface area contributed by atoms with E-state index in [0.717, 1.165) is 0 Å². The van der Waals surface area contributed by atoms with Crippen LogP contribution in [0.3, 0.4) is 0 Å². The molecule has 0 saturated heterocycles. The fourth-order valence-corrected chi connectivity index (χ4v) is 3.49. The molecule has 0 bridgehead atoms. The molecule has 0 N–H and O–H groups in total. The average Bonchev–Trinajstić information content (AvgIpc) is 1.90. The summed E-state index contributed by atoms with van der Waals surface area (Å²) in [6, 6.07) is 0. The summed E-state index contributed by atoms with van der Waals surface area (Å²) in [6.45, 7) is 7.06. The summed E-state index contributed by atoms with van der Waals surface area (Å²) >= 11 is 2.78. The van der Waals surface area contributed by atoms with Crippen LogP contribution in [-0.4, -0.2) is 9.10 Å². The monoisotopic (exact) mass is 304 g/mol. The Hall–Kier alpha value is 1.29. The second-order valence-corrected chi connectivity index (χ2v) is 31.7. The van der Waals surface area contributed by atoms with Crippen molar-refractivity contribution in [2.45, 2.75) is 42.1 Å². The maximum atomic E-state index is 2.78. The van der Waals surface area contributed by atoms with Gasteiger partial charge in [-0.25, -0.2) is 0 Å². The van der Waals surface area contributed by atoms with Crippen LogP contribution in [0.4, 0.5) is 0 Å². The molecule has 0 aromatic rings. The molecular formula is C7H18AsI. The van der Waals surface area contributed by atoms with Gasteiger partial charge in [-0.2, -0.15) is 0 Å². The van der Waals surface area contributed by atoms with Crippen molar-refractivity contribution < 1.29 is 0 Å². The van der Waals surface area contributed by atoms with Crippen LogP contribution < -0.4 is 0 Å². The van der Waals surface area contributed by atoms with Crippen LogP contribution in [0.5, 0.6) is 0 Å². The van der Waals surface area contributed by atoms with Gasteiger partial charge in [-0.05, 0) is 0 Å². The van der Waals surface area contributed by atoms with E-state index in [1.54, 1.807) is 0 Å². The molecule has 58 valence electrons. The Kier molecular flexibility index (Phi) is 3.57. The van der Waals surface area contributed by atoms with Gasteiger partial charge in [-0.3, -0.25) is 0 Å². The Morgan fingerprint density at radius 3 is 1.22 bits per heavy atom. The fourth-order valence-electron chi connectivity index (χ4n) is 0.671. The van der Waals surface area contributed by atoms with Gasteiger partial charge >= 0.3 is 71.3 Å². The van der Waals surface area contributed by atoms with Crippen LogP contribution in [0.2, 0.25) is 21.3 Å². The Balaban J connectivity index is 4.20. The van der Waals surface area contributed by atoms with Gasteiger partial charge in [-0.15, -0.1) is 0 Å². The van der Waals surface area contributed by atoms with Crippen molar-refractivity contribution in [1.29, 1.82) is 0 Å². The van der Waals surface area contributed by atoms with Gasteiger partial charge in [0.25, 0.3) is 0 Å². The Morgan fingerprint density at radius 2 is 1.22 bits per heavy atom. The van der Waals surface area contributed by atoms with Crippen molar-refractivity contribution in [3.05, 3.63) is 0 Å². The minimum atomic E-state index is -1.66. The number of hydrogen-bond donors (Lipinski definition) is 0. The SMILES string of the molecule is CC[As](C)(I)(CC)CC. The van der Waals surface area contributed by atoms with E-state index in [-0.39, 0.29) is 0 Å². The first kappa shape index (κ1) is 10.3. The van der Waals surface area contributed by atoms with E-state index in [0.29, 0.717) is 0 Å². The Morgan fingerprint density at radius 1 is 1.00 bits per heavy atom. The molecule has 2 heteroatoms. The topological polar surface area (TPSA) is 0 Å². The van der Waals surface area contributed by atoms with Crippen LogP contribution in [0.15, 0.2) is 0 Å². The summed E-state index contributed by atoms with van der Waals surface area (Å²) < 4.78 is 0. The van der Waals surface area contributed by atoms with Crippen molar-refractivity contribution in [2.75, 3.05) is 0 Å². The molecule has 0 aromatic carbocycles. The van der Waals surface area contributed by atoms with Gasteiger partial charge in [0.05, 0.1) is 0 Å². The fraction of sp³-hybridized carbons (Fsp3) is 1.00. The number of halogens is 1. The zero-order valence-electron chi connectivity index (χ0n) is 6.95. The molecule has 0 aliphatic carbocycles. The molecule has 0 heterocycles. The van der Waals surface area contributed by atoms with E-state index in [4.69, 9.17) is 0 Å². The van der Waals surface area contributed by atoms with Gasteiger partial charge in [0.15, 0.2) is 0 Å². The minimum absolute atomic E-state index is 1.45. The molecule has 9 heavy (non-hydrogen) atoms. The molecule has 0 atom stereocenters. The summed E-state index contributed by atoms with van der Waals surface area (Å²) in [5, 5.41) is 4.35. The molecule has 0 fully saturated rings. The van der Waals surface area contributed by atoms with Crippen molar-refractivity contribution in [3.8, 4) is 0 Å². The standard InChI is InChI=1S/C7H18AsI/c1-5-8(4,9,6-2)7-3/h5-7H2,1-4H3. The first-order chi connectivity index (χ1) is 3.96. The van der Waals surface area contributed by atoms with E-state index >= 15 is 0 Å². The van der Waals surface area contributed by atoms with Crippen LogP contribution in [0, 0.1) is 0 Å². The van der Waals surface area contributed by atoms with Gasteiger partial charge in [0, 0.05) is 0 Å². The second kappa shape index (κ2) is 3.13. The van der Waals surface area contributed by atoms with Crippen molar-refractivity contribution in [3.63, 3.8) is 0 Å². The molecule has 0 rings (SSSR count). The Labute approximate surface area is 71.0 Å². The third kappa shape index (κ3) is 2.79. The molecule has 0 saturated carbocycles.